The molecule has 0 radical (unpaired) electrons. The molecule has 0 saturated heterocycles. The number of hydrogen-bond donors (Lipinski definition) is 1. The second kappa shape index (κ2) is 5.39. The lowest BCUT2D eigenvalue weighted by atomic mass is 9.70. The van der Waals surface area contributed by atoms with Crippen LogP contribution in [-0.4, -0.2) is 11.1 Å². The number of carboxylic acids is 1. The lowest BCUT2D eigenvalue weighted by Crippen LogP contribution is -2.35. The summed E-state index contributed by atoms with van der Waals surface area (Å²) in [5, 5.41) is 9.51. The fraction of sp³-hybridized carbons (Fsp3) is 0.500. The highest BCUT2D eigenvalue weighted by molar-refractivity contribution is 9.10. The number of aliphatic carboxylic acids is 1. The van der Waals surface area contributed by atoms with Crippen LogP contribution in [0.4, 0.5) is 4.39 Å². The molecule has 4 heteroatoms. The third-order valence-corrected chi connectivity index (χ3v) is 4.55. The zero-order valence-electron chi connectivity index (χ0n) is 10.1. The number of benzene rings is 1. The van der Waals surface area contributed by atoms with Gasteiger partial charge in [-0.05, 0) is 37.0 Å². The lowest BCUT2D eigenvalue weighted by molar-refractivity contribution is -0.151. The minimum absolute atomic E-state index is 0.307. The van der Waals surface area contributed by atoms with Crippen molar-refractivity contribution in [2.45, 2.75) is 38.5 Å². The highest BCUT2D eigenvalue weighted by Gasteiger charge is 2.39. The number of halogens is 2. The Kier molecular flexibility index (Phi) is 4.05. The first-order valence-electron chi connectivity index (χ1n) is 6.21. The van der Waals surface area contributed by atoms with Gasteiger partial charge in [-0.25, -0.2) is 4.39 Å². The molecular weight excluding hydrogens is 299 g/mol. The van der Waals surface area contributed by atoms with Gasteiger partial charge in [-0.2, -0.15) is 0 Å². The first kappa shape index (κ1) is 13.5. The summed E-state index contributed by atoms with van der Waals surface area (Å²) in [5.41, 5.74) is 0.208. The van der Waals surface area contributed by atoms with Gasteiger partial charge in [-0.15, -0.1) is 0 Å². The second-order valence-corrected chi connectivity index (χ2v) is 5.91. The number of carbonyl (C=O) groups is 1. The molecule has 0 aliphatic heterocycles. The molecule has 0 aromatic heterocycles. The third kappa shape index (κ3) is 2.74. The van der Waals surface area contributed by atoms with E-state index in [2.05, 4.69) is 15.9 Å². The molecule has 2 rings (SSSR count). The van der Waals surface area contributed by atoms with Crippen molar-refractivity contribution >= 4 is 21.9 Å². The SMILES string of the molecule is O=C(O)C1(Cc2ccc(F)cc2Br)CCCCC1. The van der Waals surface area contributed by atoms with Gasteiger partial charge in [0.25, 0.3) is 0 Å². The Hall–Kier alpha value is -0.900. The molecule has 1 saturated carbocycles. The van der Waals surface area contributed by atoms with Crippen molar-refractivity contribution in [3.63, 3.8) is 0 Å². The number of rotatable bonds is 3. The number of carboxylic acid groups (broad SMARTS) is 1. The summed E-state index contributed by atoms with van der Waals surface area (Å²) in [6, 6.07) is 4.46. The van der Waals surface area contributed by atoms with E-state index in [-0.39, 0.29) is 5.82 Å². The molecule has 98 valence electrons. The highest BCUT2D eigenvalue weighted by atomic mass is 79.9. The Labute approximate surface area is 114 Å². The van der Waals surface area contributed by atoms with Gasteiger partial charge in [0.1, 0.15) is 5.82 Å². The van der Waals surface area contributed by atoms with Gasteiger partial charge in [0, 0.05) is 4.47 Å². The van der Waals surface area contributed by atoms with Crippen LogP contribution in [-0.2, 0) is 11.2 Å². The molecule has 0 atom stereocenters. The topological polar surface area (TPSA) is 37.3 Å². The van der Waals surface area contributed by atoms with Crippen LogP contribution in [0.2, 0.25) is 0 Å². The molecule has 0 bridgehead atoms. The molecule has 0 heterocycles. The Morgan fingerprint density at radius 2 is 2.00 bits per heavy atom. The molecule has 0 amide bonds. The first-order valence-corrected chi connectivity index (χ1v) is 7.00. The van der Waals surface area contributed by atoms with E-state index in [9.17, 15) is 14.3 Å². The van der Waals surface area contributed by atoms with Crippen LogP contribution in [0.15, 0.2) is 22.7 Å². The molecule has 2 nitrogen and oxygen atoms in total. The van der Waals surface area contributed by atoms with E-state index in [1.807, 2.05) is 0 Å². The van der Waals surface area contributed by atoms with E-state index in [1.54, 1.807) is 6.07 Å². The standard InChI is InChI=1S/C14H16BrFO2/c15-12-8-11(16)5-4-10(12)9-14(13(17)18)6-2-1-3-7-14/h4-5,8H,1-3,6-7,9H2,(H,17,18). The van der Waals surface area contributed by atoms with Crippen LogP contribution in [0.25, 0.3) is 0 Å². The van der Waals surface area contributed by atoms with Crippen LogP contribution in [0.3, 0.4) is 0 Å². The van der Waals surface area contributed by atoms with Crippen molar-refractivity contribution < 1.29 is 14.3 Å². The number of hydrogen-bond acceptors (Lipinski definition) is 1. The molecule has 1 aromatic carbocycles. The van der Waals surface area contributed by atoms with E-state index in [0.717, 1.165) is 24.8 Å². The summed E-state index contributed by atoms with van der Waals surface area (Å²) in [5.74, 6) is -1.03. The smallest absolute Gasteiger partial charge is 0.309 e. The summed E-state index contributed by atoms with van der Waals surface area (Å²) >= 11 is 3.31. The maximum absolute atomic E-state index is 13.0. The van der Waals surface area contributed by atoms with E-state index < -0.39 is 11.4 Å². The normalized spacial score (nSPS) is 18.6. The van der Waals surface area contributed by atoms with Crippen LogP contribution >= 0.6 is 15.9 Å². The van der Waals surface area contributed by atoms with E-state index in [1.165, 1.54) is 12.1 Å². The fourth-order valence-corrected chi connectivity index (χ4v) is 3.22. The zero-order valence-corrected chi connectivity index (χ0v) is 11.7. The van der Waals surface area contributed by atoms with E-state index >= 15 is 0 Å². The van der Waals surface area contributed by atoms with Crippen molar-refractivity contribution in [2.24, 2.45) is 5.41 Å². The van der Waals surface area contributed by atoms with Gasteiger partial charge < -0.3 is 5.11 Å². The monoisotopic (exact) mass is 314 g/mol. The summed E-state index contributed by atoms with van der Waals surface area (Å²) in [6.07, 6.45) is 4.94. The molecule has 1 aliphatic rings. The largest absolute Gasteiger partial charge is 0.481 e. The van der Waals surface area contributed by atoms with Gasteiger partial charge in [0.05, 0.1) is 5.41 Å². The van der Waals surface area contributed by atoms with E-state index in [4.69, 9.17) is 0 Å². The Bertz CT molecular complexity index is 453. The van der Waals surface area contributed by atoms with Crippen LogP contribution in [0.5, 0.6) is 0 Å². The summed E-state index contributed by atoms with van der Waals surface area (Å²) < 4.78 is 13.7. The molecule has 1 aromatic rings. The van der Waals surface area contributed by atoms with Gasteiger partial charge in [0.15, 0.2) is 0 Å². The van der Waals surface area contributed by atoms with E-state index in [0.29, 0.717) is 23.7 Å². The predicted molar refractivity (Wildman–Crippen MR) is 71.0 cm³/mol. The van der Waals surface area contributed by atoms with Gasteiger partial charge in [-0.3, -0.25) is 4.79 Å². The highest BCUT2D eigenvalue weighted by Crippen LogP contribution is 2.40. The quantitative estimate of drug-likeness (QED) is 0.909. The molecule has 0 spiro atoms. The van der Waals surface area contributed by atoms with Crippen molar-refractivity contribution in [3.8, 4) is 0 Å². The minimum Gasteiger partial charge on any atom is -0.481 e. The third-order valence-electron chi connectivity index (χ3n) is 3.81. The molecule has 0 unspecified atom stereocenters. The minimum atomic E-state index is -0.724. The van der Waals surface area contributed by atoms with Gasteiger partial charge in [0.2, 0.25) is 0 Å². The molecule has 18 heavy (non-hydrogen) atoms. The van der Waals surface area contributed by atoms with Crippen LogP contribution in [0, 0.1) is 11.2 Å². The van der Waals surface area contributed by atoms with Crippen molar-refractivity contribution in [1.29, 1.82) is 0 Å². The molecule has 1 aliphatic carbocycles. The predicted octanol–water partition coefficient (Wildman–Crippen LogP) is 4.17. The Balaban J connectivity index is 2.26. The maximum atomic E-state index is 13.0. The van der Waals surface area contributed by atoms with Crippen LogP contribution < -0.4 is 0 Å². The first-order chi connectivity index (χ1) is 8.53. The molecule has 1 N–H and O–H groups in total. The van der Waals surface area contributed by atoms with Gasteiger partial charge in [-0.1, -0.05) is 41.3 Å². The average Bonchev–Trinajstić information content (AvgIpc) is 2.34. The summed E-state index contributed by atoms with van der Waals surface area (Å²) in [6.45, 7) is 0. The second-order valence-electron chi connectivity index (χ2n) is 5.06. The van der Waals surface area contributed by atoms with Crippen LogP contribution in [0.1, 0.15) is 37.7 Å². The van der Waals surface area contributed by atoms with Crippen molar-refractivity contribution in [3.05, 3.63) is 34.1 Å². The summed E-state index contributed by atoms with van der Waals surface area (Å²) in [4.78, 5) is 11.6. The molecular formula is C14H16BrFO2. The van der Waals surface area contributed by atoms with Crippen molar-refractivity contribution in [2.75, 3.05) is 0 Å². The maximum Gasteiger partial charge on any atom is 0.309 e. The summed E-state index contributed by atoms with van der Waals surface area (Å²) in [7, 11) is 0. The zero-order chi connectivity index (χ0) is 13.2. The lowest BCUT2D eigenvalue weighted by Gasteiger charge is -2.33. The van der Waals surface area contributed by atoms with Gasteiger partial charge >= 0.3 is 5.97 Å². The molecule has 1 fully saturated rings. The fourth-order valence-electron chi connectivity index (χ4n) is 2.72. The van der Waals surface area contributed by atoms with Crippen molar-refractivity contribution in [1.82, 2.24) is 0 Å². The Morgan fingerprint density at radius 1 is 1.33 bits per heavy atom. The Morgan fingerprint density at radius 3 is 2.56 bits per heavy atom. The average molecular weight is 315 g/mol.